The van der Waals surface area contributed by atoms with Crippen LogP contribution in [-0.2, 0) is 16.0 Å². The third-order valence-electron chi connectivity index (χ3n) is 5.77. The van der Waals surface area contributed by atoms with Gasteiger partial charge >= 0.3 is 6.18 Å². The largest absolute Gasteiger partial charge is 0.497 e. The minimum Gasteiger partial charge on any atom is -0.497 e. The first-order valence-corrected chi connectivity index (χ1v) is 11.0. The van der Waals surface area contributed by atoms with E-state index < -0.39 is 60.1 Å². The molecule has 2 aromatic rings. The number of aliphatic hydroxyl groups is 1. The van der Waals surface area contributed by atoms with Gasteiger partial charge in [-0.1, -0.05) is 38.1 Å². The summed E-state index contributed by atoms with van der Waals surface area (Å²) in [5.41, 5.74) is 6.75. The summed E-state index contributed by atoms with van der Waals surface area (Å²) in [5.74, 6) is -3.56. The van der Waals surface area contributed by atoms with Crippen molar-refractivity contribution in [3.8, 4) is 5.75 Å². The van der Waals surface area contributed by atoms with Gasteiger partial charge in [-0.25, -0.2) is 4.39 Å². The van der Waals surface area contributed by atoms with Gasteiger partial charge in [0, 0.05) is 12.3 Å². The van der Waals surface area contributed by atoms with Crippen molar-refractivity contribution in [3.63, 3.8) is 0 Å². The Morgan fingerprint density at radius 3 is 2.26 bits per heavy atom. The van der Waals surface area contributed by atoms with Crippen LogP contribution in [0.15, 0.2) is 48.5 Å². The number of carbonyl (C=O) groups excluding carboxylic acids is 2. The van der Waals surface area contributed by atoms with Crippen LogP contribution in [0.1, 0.15) is 37.4 Å². The molecule has 0 aromatic heterocycles. The summed E-state index contributed by atoms with van der Waals surface area (Å²) in [7, 11) is 1.44. The fourth-order valence-corrected chi connectivity index (χ4v) is 3.71. The predicted octanol–water partition coefficient (Wildman–Crippen LogP) is 3.72. The number of hydrogen-bond acceptors (Lipinski definition) is 5. The highest BCUT2D eigenvalue weighted by molar-refractivity contribution is 5.92. The zero-order chi connectivity index (χ0) is 26.3. The fraction of sp³-hybridized carbons (Fsp3) is 0.440. The lowest BCUT2D eigenvalue weighted by atomic mass is 9.83. The molecule has 0 saturated heterocycles. The smallest absolute Gasteiger partial charge is 0.414 e. The normalized spacial score (nSPS) is 15.3. The molecule has 10 heteroatoms. The summed E-state index contributed by atoms with van der Waals surface area (Å²) < 4.78 is 58.1. The molecule has 2 rings (SSSR count). The van der Waals surface area contributed by atoms with Crippen LogP contribution in [0.2, 0.25) is 0 Å². The third-order valence-corrected chi connectivity index (χ3v) is 5.77. The van der Waals surface area contributed by atoms with Gasteiger partial charge < -0.3 is 20.9 Å². The van der Waals surface area contributed by atoms with E-state index in [1.807, 2.05) is 0 Å². The maximum Gasteiger partial charge on any atom is 0.414 e. The Morgan fingerprint density at radius 2 is 1.74 bits per heavy atom. The number of carbonyl (C=O) groups is 2. The first kappa shape index (κ1) is 28.3. The van der Waals surface area contributed by atoms with Crippen LogP contribution in [0.4, 0.5) is 17.6 Å². The molecule has 0 saturated carbocycles. The number of benzene rings is 2. The van der Waals surface area contributed by atoms with Crippen molar-refractivity contribution in [2.24, 2.45) is 17.6 Å². The van der Waals surface area contributed by atoms with Crippen molar-refractivity contribution in [2.75, 3.05) is 7.11 Å². The highest BCUT2D eigenvalue weighted by atomic mass is 19.4. The van der Waals surface area contributed by atoms with Crippen molar-refractivity contribution in [3.05, 3.63) is 65.5 Å². The molecule has 4 N–H and O–H groups in total. The van der Waals surface area contributed by atoms with E-state index >= 15 is 0 Å². The SMILES string of the molecule is COc1ccc([C@H](NC(=O)[C@@H](N)Cc2cccc(F)c2)C(=O)C[C@@H](C(C)C)[C@H](O)C(F)(F)F)cc1. The van der Waals surface area contributed by atoms with E-state index in [1.165, 1.54) is 51.3 Å². The molecule has 192 valence electrons. The van der Waals surface area contributed by atoms with Crippen LogP contribution >= 0.6 is 0 Å². The van der Waals surface area contributed by atoms with Crippen LogP contribution in [0.5, 0.6) is 5.75 Å². The summed E-state index contributed by atoms with van der Waals surface area (Å²) in [5, 5.41) is 12.3. The second kappa shape index (κ2) is 12.1. The second-order valence-electron chi connectivity index (χ2n) is 8.72. The average molecular weight is 499 g/mol. The monoisotopic (exact) mass is 498 g/mol. The van der Waals surface area contributed by atoms with E-state index in [0.29, 0.717) is 16.9 Å². The van der Waals surface area contributed by atoms with Gasteiger partial charge in [0.05, 0.1) is 13.2 Å². The lowest BCUT2D eigenvalue weighted by Crippen LogP contribution is -2.46. The first-order chi connectivity index (χ1) is 16.3. The molecule has 6 nitrogen and oxygen atoms in total. The number of aliphatic hydroxyl groups excluding tert-OH is 1. The molecule has 0 fully saturated rings. The minimum atomic E-state index is -4.90. The number of ketones is 1. The molecule has 0 heterocycles. The number of amides is 1. The van der Waals surface area contributed by atoms with Crippen molar-refractivity contribution in [1.82, 2.24) is 5.32 Å². The standard InChI is InChI=1S/C25H30F4N2O4/c1-14(2)19(23(33)25(27,28)29)13-21(32)22(16-7-9-18(35-3)10-8-16)31-24(34)20(30)12-15-5-4-6-17(26)11-15/h4-11,14,19-20,22-23,33H,12-13,30H2,1-3H3,(H,31,34)/t19-,20-,22-,23-/m0/s1. The summed E-state index contributed by atoms with van der Waals surface area (Å²) >= 11 is 0. The lowest BCUT2D eigenvalue weighted by Gasteiger charge is -2.29. The molecule has 0 aliphatic heterocycles. The van der Waals surface area contributed by atoms with Gasteiger partial charge in [-0.05, 0) is 47.7 Å². The van der Waals surface area contributed by atoms with Crippen molar-refractivity contribution in [1.29, 1.82) is 0 Å². The summed E-state index contributed by atoms with van der Waals surface area (Å²) in [6, 6.07) is 9.16. The van der Waals surface area contributed by atoms with Gasteiger partial charge in [-0.3, -0.25) is 9.59 Å². The number of nitrogens with one attached hydrogen (secondary N) is 1. The van der Waals surface area contributed by atoms with E-state index in [0.717, 1.165) is 0 Å². The first-order valence-electron chi connectivity index (χ1n) is 11.0. The zero-order valence-corrected chi connectivity index (χ0v) is 19.7. The molecule has 4 atom stereocenters. The van der Waals surface area contributed by atoms with E-state index in [4.69, 9.17) is 10.5 Å². The van der Waals surface area contributed by atoms with Crippen molar-refractivity contribution in [2.45, 2.75) is 51.1 Å². The number of alkyl halides is 3. The average Bonchev–Trinajstić information content (AvgIpc) is 2.79. The number of ether oxygens (including phenoxy) is 1. The molecular weight excluding hydrogens is 468 g/mol. The highest BCUT2D eigenvalue weighted by Gasteiger charge is 2.45. The summed E-state index contributed by atoms with van der Waals surface area (Å²) in [4.78, 5) is 26.0. The number of nitrogens with two attached hydrogens (primary N) is 1. The molecule has 35 heavy (non-hydrogen) atoms. The Morgan fingerprint density at radius 1 is 1.11 bits per heavy atom. The molecule has 0 bridgehead atoms. The van der Waals surface area contributed by atoms with Crippen LogP contribution < -0.4 is 15.8 Å². The van der Waals surface area contributed by atoms with Gasteiger partial charge in [-0.15, -0.1) is 0 Å². The second-order valence-corrected chi connectivity index (χ2v) is 8.72. The number of Topliss-reactive ketones (excluding diaryl/α,β-unsaturated/α-hetero) is 1. The van der Waals surface area contributed by atoms with E-state index in [9.17, 15) is 32.3 Å². The van der Waals surface area contributed by atoms with Gasteiger partial charge in [-0.2, -0.15) is 13.2 Å². The van der Waals surface area contributed by atoms with Gasteiger partial charge in [0.15, 0.2) is 11.9 Å². The Kier molecular flexibility index (Phi) is 9.79. The predicted molar refractivity (Wildman–Crippen MR) is 122 cm³/mol. The quantitative estimate of drug-likeness (QED) is 0.410. The van der Waals surface area contributed by atoms with Crippen molar-refractivity contribution < 1.29 is 37.0 Å². The van der Waals surface area contributed by atoms with Gasteiger partial charge in [0.2, 0.25) is 5.91 Å². The van der Waals surface area contributed by atoms with Crippen LogP contribution in [0, 0.1) is 17.7 Å². The zero-order valence-electron chi connectivity index (χ0n) is 19.7. The Bertz CT molecular complexity index is 996. The Balaban J connectivity index is 2.28. The Labute approximate surface area is 201 Å². The van der Waals surface area contributed by atoms with Gasteiger partial charge in [0.25, 0.3) is 0 Å². The number of halogens is 4. The maximum atomic E-state index is 13.5. The van der Waals surface area contributed by atoms with Gasteiger partial charge in [0.1, 0.15) is 17.6 Å². The minimum absolute atomic E-state index is 0.0193. The number of methoxy groups -OCH3 is 1. The molecule has 0 aliphatic rings. The molecule has 0 unspecified atom stereocenters. The topological polar surface area (TPSA) is 102 Å². The fourth-order valence-electron chi connectivity index (χ4n) is 3.71. The molecule has 0 radical (unpaired) electrons. The molecule has 0 aliphatic carbocycles. The molecular formula is C25H30F4N2O4. The molecule has 2 aromatic carbocycles. The maximum absolute atomic E-state index is 13.5. The Hall–Kier alpha value is -2.98. The van der Waals surface area contributed by atoms with Crippen LogP contribution in [-0.4, -0.2) is 42.2 Å². The van der Waals surface area contributed by atoms with E-state index in [2.05, 4.69) is 5.32 Å². The lowest BCUT2D eigenvalue weighted by molar-refractivity contribution is -0.224. The molecule has 1 amide bonds. The van der Waals surface area contributed by atoms with Crippen LogP contribution in [0.25, 0.3) is 0 Å². The van der Waals surface area contributed by atoms with E-state index in [1.54, 1.807) is 18.2 Å². The molecule has 0 spiro atoms. The third kappa shape index (κ3) is 8.03. The number of rotatable bonds is 11. The van der Waals surface area contributed by atoms with E-state index in [-0.39, 0.29) is 6.42 Å². The van der Waals surface area contributed by atoms with Crippen molar-refractivity contribution >= 4 is 11.7 Å². The summed E-state index contributed by atoms with van der Waals surface area (Å²) in [6.45, 7) is 2.95. The number of hydrogen-bond donors (Lipinski definition) is 3. The van der Waals surface area contributed by atoms with Crippen LogP contribution in [0.3, 0.4) is 0 Å². The summed E-state index contributed by atoms with van der Waals surface area (Å²) in [6.07, 6.45) is -8.25. The highest BCUT2D eigenvalue weighted by Crippen LogP contribution is 2.33.